The summed E-state index contributed by atoms with van der Waals surface area (Å²) in [6.45, 7) is 5.72. The largest absolute Gasteiger partial charge is 0.327 e. The minimum Gasteiger partial charge on any atom is -0.327 e. The smallest absolute Gasteiger partial charge is 0.0208 e. The summed E-state index contributed by atoms with van der Waals surface area (Å²) in [5.74, 6) is 0. The highest BCUT2D eigenvalue weighted by molar-refractivity contribution is 5.22. The van der Waals surface area contributed by atoms with Gasteiger partial charge in [0, 0.05) is 19.1 Å². The van der Waals surface area contributed by atoms with Crippen LogP contribution in [0.5, 0.6) is 0 Å². The van der Waals surface area contributed by atoms with E-state index in [4.69, 9.17) is 5.73 Å². The van der Waals surface area contributed by atoms with Crippen LogP contribution >= 0.6 is 0 Å². The van der Waals surface area contributed by atoms with Gasteiger partial charge in [0.1, 0.15) is 0 Å². The van der Waals surface area contributed by atoms with Gasteiger partial charge in [-0.3, -0.25) is 0 Å². The van der Waals surface area contributed by atoms with E-state index in [0.29, 0.717) is 6.54 Å². The molecule has 1 aromatic carbocycles. The third-order valence-electron chi connectivity index (χ3n) is 4.35. The molecule has 0 aromatic heterocycles. The van der Waals surface area contributed by atoms with Crippen LogP contribution in [-0.2, 0) is 6.54 Å². The Hall–Kier alpha value is -1.38. The van der Waals surface area contributed by atoms with Crippen molar-refractivity contribution in [1.29, 1.82) is 0 Å². The molecule has 0 heterocycles. The zero-order valence-corrected chi connectivity index (χ0v) is 15.6. The maximum Gasteiger partial charge on any atom is 0.0208 e. The summed E-state index contributed by atoms with van der Waals surface area (Å²) in [6.07, 6.45) is 15.8. The molecular weight excluding hydrogens is 292 g/mol. The minimum atomic E-state index is 0.691. The highest BCUT2D eigenvalue weighted by Crippen LogP contribution is 2.17. The quantitative estimate of drug-likeness (QED) is 0.781. The van der Waals surface area contributed by atoms with E-state index in [-0.39, 0.29) is 0 Å². The third-order valence-corrected chi connectivity index (χ3v) is 4.35. The van der Waals surface area contributed by atoms with Gasteiger partial charge in [-0.05, 0) is 36.8 Å². The van der Waals surface area contributed by atoms with Crippen LogP contribution in [0.1, 0.15) is 64.4 Å². The van der Waals surface area contributed by atoms with E-state index in [9.17, 15) is 0 Å². The molecule has 2 heteroatoms. The van der Waals surface area contributed by atoms with Crippen LogP contribution in [0, 0.1) is 0 Å². The Morgan fingerprint density at radius 3 is 2.25 bits per heavy atom. The predicted octanol–water partition coefficient (Wildman–Crippen LogP) is 5.36. The van der Waals surface area contributed by atoms with Crippen molar-refractivity contribution < 1.29 is 0 Å². The Bertz CT molecular complexity index is 456. The standard InChI is InChI=1S/C13H19N.C7H11N.C2H6/c1-3-7-12(8-4-1)11-14-13-9-5-2-6-10-13;8-6-7-4-2-1-3-5-7;1-2/h1,3-4,7-8,13-14H,2,5-6,9-11H2;2,4-5H,1,3,6,8H2;1-2H3. The number of hydrogen-bond donors (Lipinski definition) is 2. The summed E-state index contributed by atoms with van der Waals surface area (Å²) in [5.41, 5.74) is 8.06. The van der Waals surface area contributed by atoms with Gasteiger partial charge < -0.3 is 11.1 Å². The van der Waals surface area contributed by atoms with Crippen molar-refractivity contribution in [3.05, 3.63) is 59.7 Å². The first-order chi connectivity index (χ1) is 11.9. The summed E-state index contributed by atoms with van der Waals surface area (Å²) >= 11 is 0. The summed E-state index contributed by atoms with van der Waals surface area (Å²) in [4.78, 5) is 0. The molecule has 3 rings (SSSR count). The van der Waals surface area contributed by atoms with Gasteiger partial charge >= 0.3 is 0 Å². The van der Waals surface area contributed by atoms with E-state index in [0.717, 1.165) is 12.6 Å². The molecule has 3 N–H and O–H groups in total. The molecule has 0 saturated heterocycles. The molecule has 0 radical (unpaired) electrons. The average Bonchev–Trinajstić information content (AvgIpc) is 2.71. The van der Waals surface area contributed by atoms with Crippen LogP contribution < -0.4 is 11.1 Å². The molecule has 24 heavy (non-hydrogen) atoms. The predicted molar refractivity (Wildman–Crippen MR) is 107 cm³/mol. The maximum absolute atomic E-state index is 5.38. The fourth-order valence-corrected chi connectivity index (χ4v) is 2.98. The van der Waals surface area contributed by atoms with Crippen LogP contribution in [0.15, 0.2) is 54.1 Å². The van der Waals surface area contributed by atoms with Crippen LogP contribution in [-0.4, -0.2) is 12.6 Å². The van der Waals surface area contributed by atoms with Gasteiger partial charge in [0.25, 0.3) is 0 Å². The van der Waals surface area contributed by atoms with Gasteiger partial charge in [0.05, 0.1) is 0 Å². The van der Waals surface area contributed by atoms with E-state index in [1.165, 1.54) is 56.1 Å². The van der Waals surface area contributed by atoms with Crippen molar-refractivity contribution in [2.75, 3.05) is 6.54 Å². The molecule has 0 atom stereocenters. The summed E-state index contributed by atoms with van der Waals surface area (Å²) in [5, 5.41) is 3.64. The van der Waals surface area contributed by atoms with Gasteiger partial charge in [0.2, 0.25) is 0 Å². The van der Waals surface area contributed by atoms with Crippen molar-refractivity contribution in [1.82, 2.24) is 5.32 Å². The lowest BCUT2D eigenvalue weighted by Gasteiger charge is -2.22. The van der Waals surface area contributed by atoms with Crippen LogP contribution in [0.4, 0.5) is 0 Å². The Morgan fingerprint density at radius 1 is 1.00 bits per heavy atom. The van der Waals surface area contributed by atoms with E-state index < -0.39 is 0 Å². The third kappa shape index (κ3) is 9.05. The highest BCUT2D eigenvalue weighted by atomic mass is 14.9. The van der Waals surface area contributed by atoms with E-state index in [1.54, 1.807) is 0 Å². The molecule has 2 aliphatic carbocycles. The normalized spacial score (nSPS) is 17.0. The van der Waals surface area contributed by atoms with Crippen molar-refractivity contribution in [3.8, 4) is 0 Å². The maximum atomic E-state index is 5.38. The number of benzene rings is 1. The molecule has 0 amide bonds. The summed E-state index contributed by atoms with van der Waals surface area (Å²) < 4.78 is 0. The second-order valence-electron chi connectivity index (χ2n) is 6.16. The molecule has 2 nitrogen and oxygen atoms in total. The summed E-state index contributed by atoms with van der Waals surface area (Å²) in [6, 6.07) is 11.4. The van der Waals surface area contributed by atoms with Crippen molar-refractivity contribution in [2.45, 2.75) is 71.4 Å². The number of rotatable bonds is 4. The topological polar surface area (TPSA) is 38.0 Å². The first-order valence-electron chi connectivity index (χ1n) is 9.71. The highest BCUT2D eigenvalue weighted by Gasteiger charge is 2.11. The van der Waals surface area contributed by atoms with Crippen LogP contribution in [0.3, 0.4) is 0 Å². The van der Waals surface area contributed by atoms with E-state index in [1.807, 2.05) is 13.8 Å². The van der Waals surface area contributed by atoms with E-state index >= 15 is 0 Å². The molecule has 1 saturated carbocycles. The Labute approximate surface area is 149 Å². The molecule has 0 aliphatic heterocycles. The monoisotopic (exact) mass is 328 g/mol. The van der Waals surface area contributed by atoms with Crippen LogP contribution in [0.25, 0.3) is 0 Å². The SMILES string of the molecule is CC.NCC1=CCCC=C1.c1ccc(CNC2CCCCC2)cc1. The first-order valence-corrected chi connectivity index (χ1v) is 9.71. The minimum absolute atomic E-state index is 0.691. The molecule has 1 fully saturated rings. The van der Waals surface area contributed by atoms with Gasteiger partial charge in [-0.15, -0.1) is 0 Å². The van der Waals surface area contributed by atoms with E-state index in [2.05, 4.69) is 53.9 Å². The lowest BCUT2D eigenvalue weighted by Crippen LogP contribution is -2.30. The summed E-state index contributed by atoms with van der Waals surface area (Å²) in [7, 11) is 0. The molecular formula is C22H36N2. The van der Waals surface area contributed by atoms with Crippen molar-refractivity contribution in [3.63, 3.8) is 0 Å². The number of nitrogens with one attached hydrogen (secondary N) is 1. The van der Waals surface area contributed by atoms with Gasteiger partial charge in [-0.1, -0.05) is 81.7 Å². The zero-order valence-electron chi connectivity index (χ0n) is 15.6. The van der Waals surface area contributed by atoms with Gasteiger partial charge in [0.15, 0.2) is 0 Å². The molecule has 0 spiro atoms. The van der Waals surface area contributed by atoms with Crippen molar-refractivity contribution >= 4 is 0 Å². The number of hydrogen-bond acceptors (Lipinski definition) is 2. The zero-order chi connectivity index (χ0) is 17.5. The Morgan fingerprint density at radius 2 is 1.71 bits per heavy atom. The second kappa shape index (κ2) is 14.0. The lowest BCUT2D eigenvalue weighted by atomic mass is 9.95. The molecule has 0 bridgehead atoms. The van der Waals surface area contributed by atoms with Crippen molar-refractivity contribution in [2.24, 2.45) is 5.73 Å². The Balaban J connectivity index is 0.000000245. The van der Waals surface area contributed by atoms with Crippen LogP contribution in [0.2, 0.25) is 0 Å². The average molecular weight is 329 g/mol. The first kappa shape index (κ1) is 20.7. The Kier molecular flexibility index (Phi) is 12.1. The fourth-order valence-electron chi connectivity index (χ4n) is 2.98. The molecule has 134 valence electrons. The molecule has 1 aromatic rings. The fraction of sp³-hybridized carbons (Fsp3) is 0.545. The lowest BCUT2D eigenvalue weighted by molar-refractivity contribution is 0.372. The number of allylic oxidation sites excluding steroid dienone is 2. The molecule has 0 unspecified atom stereocenters. The van der Waals surface area contributed by atoms with Gasteiger partial charge in [-0.2, -0.15) is 0 Å². The van der Waals surface area contributed by atoms with Gasteiger partial charge in [-0.25, -0.2) is 0 Å². The molecule has 2 aliphatic rings. The second-order valence-corrected chi connectivity index (χ2v) is 6.16. The number of nitrogens with two attached hydrogens (primary N) is 1.